The zero-order valence-corrected chi connectivity index (χ0v) is 12.2. The van der Waals surface area contributed by atoms with Crippen LogP contribution in [0.4, 0.5) is 0 Å². The third-order valence-electron chi connectivity index (χ3n) is 3.19. The zero-order valence-electron chi connectivity index (χ0n) is 12.2. The number of hydrogen-bond donors (Lipinski definition) is 1. The predicted octanol–water partition coefficient (Wildman–Crippen LogP) is 4.75. The van der Waals surface area contributed by atoms with Gasteiger partial charge in [-0.3, -0.25) is 0 Å². The molecule has 0 amide bonds. The Balaban J connectivity index is 3.22. The van der Waals surface area contributed by atoms with Gasteiger partial charge in [-0.05, 0) is 57.2 Å². The second kappa shape index (κ2) is 8.36. The molecule has 1 aromatic carbocycles. The van der Waals surface area contributed by atoms with Gasteiger partial charge in [0, 0.05) is 5.56 Å². The zero-order chi connectivity index (χ0) is 14.1. The Morgan fingerprint density at radius 3 is 1.89 bits per heavy atom. The second-order valence-corrected chi connectivity index (χ2v) is 4.52. The van der Waals surface area contributed by atoms with E-state index in [0.29, 0.717) is 5.75 Å². The fourth-order valence-corrected chi connectivity index (χ4v) is 2.12. The van der Waals surface area contributed by atoms with Crippen molar-refractivity contribution in [1.82, 2.24) is 0 Å². The number of aromatic hydroxyl groups is 1. The average Bonchev–Trinajstić information content (AvgIpc) is 2.42. The van der Waals surface area contributed by atoms with Crippen molar-refractivity contribution in [2.75, 3.05) is 0 Å². The molecule has 0 aliphatic carbocycles. The van der Waals surface area contributed by atoms with E-state index < -0.39 is 0 Å². The fraction of sp³-hybridized carbons (Fsp3) is 0.333. The first-order valence-electron chi connectivity index (χ1n) is 6.90. The number of phenolic OH excluding ortho intramolecular Hbond substituents is 1. The summed E-state index contributed by atoms with van der Waals surface area (Å²) in [7, 11) is 0. The van der Waals surface area contributed by atoms with Crippen LogP contribution < -0.4 is 0 Å². The molecule has 1 rings (SSSR count). The van der Waals surface area contributed by atoms with Gasteiger partial charge in [-0.15, -0.1) is 0 Å². The monoisotopic (exact) mass is 256 g/mol. The number of rotatable bonds is 6. The topological polar surface area (TPSA) is 20.2 Å². The van der Waals surface area contributed by atoms with Gasteiger partial charge < -0.3 is 5.11 Å². The molecule has 0 atom stereocenters. The third-order valence-corrected chi connectivity index (χ3v) is 3.19. The van der Waals surface area contributed by atoms with E-state index in [-0.39, 0.29) is 0 Å². The predicted molar refractivity (Wildman–Crippen MR) is 83.7 cm³/mol. The number of phenols is 1. The highest BCUT2D eigenvalue weighted by Gasteiger charge is 2.10. The largest absolute Gasteiger partial charge is 0.508 e. The van der Waals surface area contributed by atoms with Gasteiger partial charge in [-0.1, -0.05) is 42.5 Å². The Labute approximate surface area is 117 Å². The lowest BCUT2D eigenvalue weighted by atomic mass is 9.93. The van der Waals surface area contributed by atoms with Crippen molar-refractivity contribution in [2.24, 2.45) is 0 Å². The lowest BCUT2D eigenvalue weighted by Gasteiger charge is -2.13. The summed E-state index contributed by atoms with van der Waals surface area (Å²) in [6.45, 7) is 6.07. The Morgan fingerprint density at radius 2 is 1.32 bits per heavy atom. The van der Waals surface area contributed by atoms with Gasteiger partial charge in [0.2, 0.25) is 0 Å². The van der Waals surface area contributed by atoms with Crippen LogP contribution in [0.25, 0.3) is 0 Å². The first kappa shape index (κ1) is 15.3. The van der Waals surface area contributed by atoms with E-state index in [2.05, 4.69) is 30.4 Å². The summed E-state index contributed by atoms with van der Waals surface area (Å²) in [5.41, 5.74) is 3.61. The first-order chi connectivity index (χ1) is 9.24. The van der Waals surface area contributed by atoms with Crippen molar-refractivity contribution in [3.8, 4) is 5.75 Å². The van der Waals surface area contributed by atoms with Crippen LogP contribution in [0.2, 0.25) is 0 Å². The van der Waals surface area contributed by atoms with E-state index in [9.17, 15) is 5.11 Å². The van der Waals surface area contributed by atoms with Crippen LogP contribution in [0, 0.1) is 0 Å². The fourth-order valence-electron chi connectivity index (χ4n) is 2.12. The first-order valence-corrected chi connectivity index (χ1v) is 6.90. The highest BCUT2D eigenvalue weighted by Crippen LogP contribution is 2.27. The van der Waals surface area contributed by atoms with Crippen LogP contribution in [-0.2, 0) is 19.3 Å². The van der Waals surface area contributed by atoms with Crippen molar-refractivity contribution >= 4 is 0 Å². The molecule has 0 unspecified atom stereocenters. The van der Waals surface area contributed by atoms with Gasteiger partial charge in [-0.2, -0.15) is 0 Å². The van der Waals surface area contributed by atoms with E-state index in [0.717, 1.165) is 24.8 Å². The molecule has 1 N–H and O–H groups in total. The molecule has 102 valence electrons. The average molecular weight is 256 g/mol. The minimum Gasteiger partial charge on any atom is -0.508 e. The third kappa shape index (κ3) is 4.44. The molecule has 1 heteroatoms. The maximum atomic E-state index is 10.1. The number of benzene rings is 1. The van der Waals surface area contributed by atoms with E-state index in [1.165, 1.54) is 11.1 Å². The maximum Gasteiger partial charge on any atom is 0.119 e. The highest BCUT2D eigenvalue weighted by molar-refractivity contribution is 5.47. The van der Waals surface area contributed by atoms with Gasteiger partial charge in [0.25, 0.3) is 0 Å². The summed E-state index contributed by atoms with van der Waals surface area (Å²) >= 11 is 0. The lowest BCUT2D eigenvalue weighted by Crippen LogP contribution is -1.99. The maximum absolute atomic E-state index is 10.1. The van der Waals surface area contributed by atoms with Crippen molar-refractivity contribution < 1.29 is 5.11 Å². The summed E-state index contributed by atoms with van der Waals surface area (Å²) in [4.78, 5) is 0. The van der Waals surface area contributed by atoms with Gasteiger partial charge in [0.15, 0.2) is 0 Å². The lowest BCUT2D eigenvalue weighted by molar-refractivity contribution is 0.468. The molecule has 0 saturated heterocycles. The number of hydrogen-bond acceptors (Lipinski definition) is 1. The highest BCUT2D eigenvalue weighted by atomic mass is 16.3. The minimum absolute atomic E-state index is 0.404. The van der Waals surface area contributed by atoms with Crippen molar-refractivity contribution in [3.05, 3.63) is 65.3 Å². The molecule has 0 aromatic heterocycles. The molecule has 0 aliphatic heterocycles. The van der Waals surface area contributed by atoms with Crippen molar-refractivity contribution in [1.29, 1.82) is 0 Å². The van der Waals surface area contributed by atoms with Gasteiger partial charge in [-0.25, -0.2) is 0 Å². The van der Waals surface area contributed by atoms with Crippen molar-refractivity contribution in [3.63, 3.8) is 0 Å². The molecule has 1 aromatic rings. The van der Waals surface area contributed by atoms with Gasteiger partial charge in [0.1, 0.15) is 5.75 Å². The van der Waals surface area contributed by atoms with E-state index in [1.54, 1.807) is 0 Å². The molecule has 0 bridgehead atoms. The van der Waals surface area contributed by atoms with Crippen LogP contribution in [0.5, 0.6) is 5.75 Å². The quantitative estimate of drug-likeness (QED) is 0.728. The summed E-state index contributed by atoms with van der Waals surface area (Å²) in [5, 5.41) is 10.1. The summed E-state index contributed by atoms with van der Waals surface area (Å²) < 4.78 is 0. The Morgan fingerprint density at radius 1 is 0.789 bits per heavy atom. The van der Waals surface area contributed by atoms with Crippen molar-refractivity contribution in [2.45, 2.75) is 40.0 Å². The molecule has 1 nitrogen and oxygen atoms in total. The molecule has 0 aliphatic rings. The molecule has 0 saturated carbocycles. The molecule has 0 fully saturated rings. The van der Waals surface area contributed by atoms with Gasteiger partial charge in [0.05, 0.1) is 0 Å². The molecular weight excluding hydrogens is 232 g/mol. The second-order valence-electron chi connectivity index (χ2n) is 4.52. The minimum atomic E-state index is 0.404. The summed E-state index contributed by atoms with van der Waals surface area (Å²) in [6, 6.07) is 3.85. The van der Waals surface area contributed by atoms with E-state index in [4.69, 9.17) is 0 Å². The van der Waals surface area contributed by atoms with E-state index >= 15 is 0 Å². The normalized spacial score (nSPS) is 12.2. The smallest absolute Gasteiger partial charge is 0.119 e. The molecule has 0 heterocycles. The molecule has 19 heavy (non-hydrogen) atoms. The molecule has 0 radical (unpaired) electrons. The SMILES string of the molecule is C/C=C/Cc1ccc(O)c(C/C=C/C)c1C/C=C/C. The Hall–Kier alpha value is -1.76. The van der Waals surface area contributed by atoms with Crippen LogP contribution in [0.1, 0.15) is 37.5 Å². The summed E-state index contributed by atoms with van der Waals surface area (Å²) in [5.74, 6) is 0.404. The Bertz CT molecular complexity index is 479. The summed E-state index contributed by atoms with van der Waals surface area (Å²) in [6.07, 6.45) is 15.1. The Kier molecular flexibility index (Phi) is 6.73. The van der Waals surface area contributed by atoms with Crippen LogP contribution >= 0.6 is 0 Å². The van der Waals surface area contributed by atoms with Gasteiger partial charge >= 0.3 is 0 Å². The number of allylic oxidation sites excluding steroid dienone is 6. The van der Waals surface area contributed by atoms with E-state index in [1.807, 2.05) is 39.0 Å². The molecular formula is C18H24O. The van der Waals surface area contributed by atoms with Crippen LogP contribution in [0.3, 0.4) is 0 Å². The van der Waals surface area contributed by atoms with Crippen LogP contribution in [-0.4, -0.2) is 5.11 Å². The molecule has 0 spiro atoms. The standard InChI is InChI=1S/C18H24O/c1-4-7-10-15-13-14-18(19)17(12-9-6-3)16(15)11-8-5-2/h4-9,13-14,19H,10-12H2,1-3H3/b7-4+,8-5+,9-6+. The van der Waals surface area contributed by atoms with Crippen LogP contribution in [0.15, 0.2) is 48.6 Å².